The van der Waals surface area contributed by atoms with Crippen LogP contribution in [0.4, 0.5) is 0 Å². The summed E-state index contributed by atoms with van der Waals surface area (Å²) in [6.45, 7) is 0. The number of rotatable bonds is 4. The number of hydrogen-bond donors (Lipinski definition) is 1. The van der Waals surface area contributed by atoms with Crippen molar-refractivity contribution in [2.45, 2.75) is 10.6 Å². The first-order valence-corrected chi connectivity index (χ1v) is 7.20. The maximum absolute atomic E-state index is 12.2. The topological polar surface area (TPSA) is 67.5 Å². The molecule has 0 saturated carbocycles. The van der Waals surface area contributed by atoms with Crippen molar-refractivity contribution < 1.29 is 18.5 Å². The Kier molecular flexibility index (Phi) is 4.29. The van der Waals surface area contributed by atoms with Crippen molar-refractivity contribution in [2.24, 2.45) is 0 Å². The second-order valence-corrected chi connectivity index (χ2v) is 5.82. The Balaban J connectivity index is 2.31. The molecular formula is C12H8Cl2O4S. The van der Waals surface area contributed by atoms with Crippen LogP contribution in [0.3, 0.4) is 0 Å². The van der Waals surface area contributed by atoms with E-state index in [2.05, 4.69) is 0 Å². The first-order chi connectivity index (χ1) is 9.00. The first kappa shape index (κ1) is 14.1. The van der Waals surface area contributed by atoms with Crippen LogP contribution in [0.5, 0.6) is 0 Å². The molecule has 7 heteroatoms. The van der Waals surface area contributed by atoms with Gasteiger partial charge in [0.2, 0.25) is 5.76 Å². The minimum Gasteiger partial charge on any atom is -0.475 e. The standard InChI is InChI=1S/C12H8Cl2O4S/c13-8-2-1-3-9(14)11(8)19(17)6-7-4-5-18-10(7)12(15)16/h1-5H,6H2,(H,15,16). The zero-order valence-corrected chi connectivity index (χ0v) is 11.8. The fraction of sp³-hybridized carbons (Fsp3) is 0.0833. The summed E-state index contributed by atoms with van der Waals surface area (Å²) < 4.78 is 17.1. The van der Waals surface area contributed by atoms with E-state index < -0.39 is 16.8 Å². The molecule has 0 aliphatic heterocycles. The van der Waals surface area contributed by atoms with E-state index in [1.54, 1.807) is 18.2 Å². The van der Waals surface area contributed by atoms with Gasteiger partial charge in [0.25, 0.3) is 0 Å². The Morgan fingerprint density at radius 3 is 2.47 bits per heavy atom. The SMILES string of the molecule is O=C(O)c1occc1CS(=O)c1c(Cl)cccc1Cl. The third-order valence-electron chi connectivity index (χ3n) is 2.37. The number of carboxylic acids is 1. The lowest BCUT2D eigenvalue weighted by Gasteiger charge is -2.06. The van der Waals surface area contributed by atoms with E-state index in [4.69, 9.17) is 32.7 Å². The summed E-state index contributed by atoms with van der Waals surface area (Å²) in [5, 5.41) is 9.47. The monoisotopic (exact) mass is 318 g/mol. The molecule has 1 N–H and O–H groups in total. The molecule has 19 heavy (non-hydrogen) atoms. The van der Waals surface area contributed by atoms with E-state index in [1.807, 2.05) is 0 Å². The highest BCUT2D eigenvalue weighted by Gasteiger charge is 2.19. The largest absolute Gasteiger partial charge is 0.475 e. The summed E-state index contributed by atoms with van der Waals surface area (Å²) in [5.41, 5.74) is 0.335. The van der Waals surface area contributed by atoms with Crippen molar-refractivity contribution in [3.05, 3.63) is 51.9 Å². The number of halogens is 2. The van der Waals surface area contributed by atoms with Crippen LogP contribution in [0, 0.1) is 0 Å². The molecule has 0 aliphatic rings. The Morgan fingerprint density at radius 1 is 1.26 bits per heavy atom. The second kappa shape index (κ2) is 5.77. The van der Waals surface area contributed by atoms with Gasteiger partial charge in [-0.05, 0) is 18.2 Å². The van der Waals surface area contributed by atoms with Gasteiger partial charge in [0.1, 0.15) is 0 Å². The highest BCUT2D eigenvalue weighted by Crippen LogP contribution is 2.29. The third kappa shape index (κ3) is 3.00. The second-order valence-electron chi connectivity index (χ2n) is 3.62. The number of aromatic carboxylic acids is 1. The molecule has 2 rings (SSSR count). The van der Waals surface area contributed by atoms with E-state index in [0.717, 1.165) is 0 Å². The lowest BCUT2D eigenvalue weighted by Crippen LogP contribution is -2.03. The predicted octanol–water partition coefficient (Wildman–Crippen LogP) is 3.59. The van der Waals surface area contributed by atoms with Gasteiger partial charge in [0.05, 0.1) is 37.8 Å². The van der Waals surface area contributed by atoms with Crippen LogP contribution in [-0.2, 0) is 16.6 Å². The van der Waals surface area contributed by atoms with Gasteiger partial charge in [-0.2, -0.15) is 0 Å². The van der Waals surface area contributed by atoms with Crippen LogP contribution in [0.25, 0.3) is 0 Å². The van der Waals surface area contributed by atoms with E-state index in [9.17, 15) is 9.00 Å². The number of hydrogen-bond acceptors (Lipinski definition) is 3. The molecule has 1 atom stereocenters. The molecule has 4 nitrogen and oxygen atoms in total. The van der Waals surface area contributed by atoms with E-state index in [1.165, 1.54) is 12.3 Å². The number of carbonyl (C=O) groups is 1. The van der Waals surface area contributed by atoms with Crippen molar-refractivity contribution in [2.75, 3.05) is 0 Å². The van der Waals surface area contributed by atoms with Gasteiger partial charge in [-0.3, -0.25) is 4.21 Å². The Hall–Kier alpha value is -1.30. The molecular weight excluding hydrogens is 311 g/mol. The van der Waals surface area contributed by atoms with Crippen LogP contribution < -0.4 is 0 Å². The number of carboxylic acid groups (broad SMARTS) is 1. The lowest BCUT2D eigenvalue weighted by molar-refractivity contribution is 0.0661. The highest BCUT2D eigenvalue weighted by molar-refractivity contribution is 7.84. The molecule has 1 unspecified atom stereocenters. The minimum atomic E-state index is -1.55. The van der Waals surface area contributed by atoms with Crippen LogP contribution in [0.15, 0.2) is 39.8 Å². The van der Waals surface area contributed by atoms with Gasteiger partial charge in [0.15, 0.2) is 0 Å². The molecule has 0 saturated heterocycles. The Labute approximate surface area is 121 Å². The maximum Gasteiger partial charge on any atom is 0.372 e. The van der Waals surface area contributed by atoms with Gasteiger partial charge in [-0.25, -0.2) is 4.79 Å². The molecule has 1 heterocycles. The summed E-state index contributed by atoms with van der Waals surface area (Å²) in [4.78, 5) is 11.2. The maximum atomic E-state index is 12.2. The first-order valence-electron chi connectivity index (χ1n) is 5.12. The fourth-order valence-corrected chi connectivity index (χ4v) is 3.69. The molecule has 1 aromatic carbocycles. The Morgan fingerprint density at radius 2 is 1.89 bits per heavy atom. The van der Waals surface area contributed by atoms with Crippen LogP contribution in [0.1, 0.15) is 16.1 Å². The lowest BCUT2D eigenvalue weighted by atomic mass is 10.3. The fourth-order valence-electron chi connectivity index (χ4n) is 1.55. The predicted molar refractivity (Wildman–Crippen MR) is 72.2 cm³/mol. The van der Waals surface area contributed by atoms with Crippen molar-refractivity contribution >= 4 is 40.0 Å². The molecule has 1 aromatic heterocycles. The van der Waals surface area contributed by atoms with Crippen molar-refractivity contribution in [1.29, 1.82) is 0 Å². The van der Waals surface area contributed by atoms with Crippen molar-refractivity contribution in [3.8, 4) is 0 Å². The quantitative estimate of drug-likeness (QED) is 0.935. The number of furan rings is 1. The number of benzene rings is 1. The normalized spacial score (nSPS) is 12.3. The average molecular weight is 319 g/mol. The van der Waals surface area contributed by atoms with Gasteiger partial charge in [-0.1, -0.05) is 29.3 Å². The highest BCUT2D eigenvalue weighted by atomic mass is 35.5. The Bertz CT molecular complexity index is 631. The van der Waals surface area contributed by atoms with Gasteiger partial charge in [0, 0.05) is 5.56 Å². The van der Waals surface area contributed by atoms with Gasteiger partial charge in [-0.15, -0.1) is 0 Å². The van der Waals surface area contributed by atoms with Crippen molar-refractivity contribution in [1.82, 2.24) is 0 Å². The zero-order valence-electron chi connectivity index (χ0n) is 9.43. The van der Waals surface area contributed by atoms with Crippen LogP contribution in [-0.4, -0.2) is 15.3 Å². The minimum absolute atomic E-state index is 0.0262. The van der Waals surface area contributed by atoms with Gasteiger partial charge < -0.3 is 9.52 Å². The molecule has 100 valence electrons. The molecule has 0 spiro atoms. The summed E-state index contributed by atoms with van der Waals surface area (Å²) >= 11 is 11.9. The summed E-state index contributed by atoms with van der Waals surface area (Å²) in [6.07, 6.45) is 1.24. The molecule has 0 aliphatic carbocycles. The summed E-state index contributed by atoms with van der Waals surface area (Å²) in [6, 6.07) is 6.26. The molecule has 0 fully saturated rings. The van der Waals surface area contributed by atoms with E-state index in [0.29, 0.717) is 10.5 Å². The van der Waals surface area contributed by atoms with Crippen LogP contribution >= 0.6 is 23.2 Å². The third-order valence-corrected chi connectivity index (χ3v) is 4.70. The zero-order chi connectivity index (χ0) is 14.0. The van der Waals surface area contributed by atoms with Gasteiger partial charge >= 0.3 is 5.97 Å². The summed E-state index contributed by atoms with van der Waals surface area (Å²) in [5.74, 6) is -1.46. The molecule has 0 radical (unpaired) electrons. The average Bonchev–Trinajstić information content (AvgIpc) is 2.76. The smallest absolute Gasteiger partial charge is 0.372 e. The van der Waals surface area contributed by atoms with E-state index in [-0.39, 0.29) is 21.6 Å². The van der Waals surface area contributed by atoms with Crippen molar-refractivity contribution in [3.63, 3.8) is 0 Å². The van der Waals surface area contributed by atoms with E-state index >= 15 is 0 Å². The summed E-state index contributed by atoms with van der Waals surface area (Å²) in [7, 11) is -1.55. The van der Waals surface area contributed by atoms with Crippen LogP contribution in [0.2, 0.25) is 10.0 Å². The molecule has 0 bridgehead atoms. The molecule has 2 aromatic rings. The molecule has 0 amide bonds.